The zero-order valence-corrected chi connectivity index (χ0v) is 12.1. The van der Waals surface area contributed by atoms with E-state index in [1.165, 1.54) is 4.90 Å². The smallest absolute Gasteiger partial charge is 0.465 e. The monoisotopic (exact) mass is 265 g/mol. The number of amides is 1. The topological polar surface area (TPSA) is 68.2 Å². The van der Waals surface area contributed by atoms with Gasteiger partial charge in [0.25, 0.3) is 0 Å². The van der Waals surface area contributed by atoms with E-state index in [0.29, 0.717) is 19.1 Å². The molecule has 0 aromatic heterocycles. The van der Waals surface area contributed by atoms with E-state index < -0.39 is 14.9 Å². The number of carboxylic acid groups (broad SMARTS) is 1. The van der Waals surface area contributed by atoms with Gasteiger partial charge in [0, 0.05) is 40.5 Å². The first-order chi connectivity index (χ1) is 8.05. The van der Waals surface area contributed by atoms with Crippen LogP contribution in [0.5, 0.6) is 0 Å². The van der Waals surface area contributed by atoms with Crippen molar-refractivity contribution in [2.45, 2.75) is 25.8 Å². The molecule has 6 nitrogen and oxygen atoms in total. The molecule has 0 spiro atoms. The fourth-order valence-electron chi connectivity index (χ4n) is 1.59. The normalized spacial score (nSPS) is 11.5. The Morgan fingerprint density at radius 2 is 1.71 bits per heavy atom. The fraction of sp³-hybridized carbons (Fsp3) is 0.900. The summed E-state index contributed by atoms with van der Waals surface area (Å²) in [5, 5.41) is 8.83. The predicted octanol–water partition coefficient (Wildman–Crippen LogP) is 1.64. The van der Waals surface area contributed by atoms with Gasteiger partial charge >= 0.3 is 14.9 Å². The molecule has 0 aliphatic rings. The summed E-state index contributed by atoms with van der Waals surface area (Å²) in [5.41, 5.74) is 0. The van der Waals surface area contributed by atoms with Crippen LogP contribution >= 0.6 is 0 Å². The maximum Gasteiger partial charge on any atom is 0.500 e. The molecule has 0 saturated heterocycles. The third kappa shape index (κ3) is 5.49. The van der Waals surface area contributed by atoms with Crippen molar-refractivity contribution in [2.24, 2.45) is 0 Å². The van der Waals surface area contributed by atoms with Gasteiger partial charge in [0.05, 0.1) is 0 Å². The maximum absolute atomic E-state index is 10.8. The summed E-state index contributed by atoms with van der Waals surface area (Å²) in [6.07, 6.45) is 0.734. The highest BCUT2D eigenvalue weighted by Crippen LogP contribution is 2.16. The van der Waals surface area contributed by atoms with Gasteiger partial charge in [-0.15, -0.1) is 0 Å². The number of nitrogens with zero attached hydrogens (tertiary/aromatic N) is 1. The van der Waals surface area contributed by atoms with Gasteiger partial charge in [0.15, 0.2) is 0 Å². The molecule has 0 aliphatic carbocycles. The van der Waals surface area contributed by atoms with Crippen LogP contribution in [0.2, 0.25) is 6.04 Å². The Balaban J connectivity index is 3.93. The molecular weight excluding hydrogens is 242 g/mol. The predicted molar refractivity (Wildman–Crippen MR) is 66.1 cm³/mol. The van der Waals surface area contributed by atoms with Crippen LogP contribution in [0.25, 0.3) is 0 Å². The van der Waals surface area contributed by atoms with E-state index in [9.17, 15) is 4.79 Å². The van der Waals surface area contributed by atoms with Crippen molar-refractivity contribution in [3.05, 3.63) is 0 Å². The second-order valence-corrected chi connectivity index (χ2v) is 6.71. The van der Waals surface area contributed by atoms with Crippen LogP contribution < -0.4 is 0 Å². The van der Waals surface area contributed by atoms with Gasteiger partial charge in [-0.1, -0.05) is 0 Å². The average molecular weight is 265 g/mol. The van der Waals surface area contributed by atoms with Crippen molar-refractivity contribution >= 4 is 14.9 Å². The summed E-state index contributed by atoms with van der Waals surface area (Å²) >= 11 is 0. The molecule has 17 heavy (non-hydrogen) atoms. The Kier molecular flexibility index (Phi) is 8.14. The SMILES string of the molecule is CCN(CCCC[Si](OC)(OC)OC)C(=O)O. The molecule has 0 rings (SSSR count). The van der Waals surface area contributed by atoms with E-state index in [1.807, 2.05) is 6.92 Å². The van der Waals surface area contributed by atoms with Gasteiger partial charge in [0.1, 0.15) is 0 Å². The van der Waals surface area contributed by atoms with Crippen LogP contribution in [-0.2, 0) is 13.3 Å². The lowest BCUT2D eigenvalue weighted by molar-refractivity contribution is 0.122. The van der Waals surface area contributed by atoms with E-state index >= 15 is 0 Å². The highest BCUT2D eigenvalue weighted by molar-refractivity contribution is 6.60. The molecule has 0 heterocycles. The average Bonchev–Trinajstić information content (AvgIpc) is 2.34. The fourth-order valence-corrected chi connectivity index (χ4v) is 3.38. The summed E-state index contributed by atoms with van der Waals surface area (Å²) in [5.74, 6) is 0. The number of rotatable bonds is 9. The number of hydrogen-bond acceptors (Lipinski definition) is 4. The van der Waals surface area contributed by atoms with Gasteiger partial charge in [-0.25, -0.2) is 4.79 Å². The van der Waals surface area contributed by atoms with Crippen LogP contribution in [0.3, 0.4) is 0 Å². The first-order valence-corrected chi connectivity index (χ1v) is 7.61. The van der Waals surface area contributed by atoms with Gasteiger partial charge in [-0.3, -0.25) is 0 Å². The van der Waals surface area contributed by atoms with E-state index in [2.05, 4.69) is 0 Å². The molecule has 0 radical (unpaired) electrons. The number of unbranched alkanes of at least 4 members (excludes halogenated alkanes) is 1. The molecule has 0 fully saturated rings. The van der Waals surface area contributed by atoms with E-state index in [4.69, 9.17) is 18.4 Å². The lowest BCUT2D eigenvalue weighted by Crippen LogP contribution is -2.42. The Labute approximate surface area is 104 Å². The zero-order valence-electron chi connectivity index (χ0n) is 11.1. The Morgan fingerprint density at radius 1 is 1.18 bits per heavy atom. The zero-order chi connectivity index (χ0) is 13.3. The first kappa shape index (κ1) is 16.4. The number of carbonyl (C=O) groups is 1. The standard InChI is InChI=1S/C10H23NO5Si/c1-5-11(10(12)13)8-6-7-9-17(14-2,15-3)16-4/h5-9H2,1-4H3,(H,12,13). The quantitative estimate of drug-likeness (QED) is 0.507. The highest BCUT2D eigenvalue weighted by Gasteiger charge is 2.36. The molecule has 0 atom stereocenters. The Bertz CT molecular complexity index is 214. The van der Waals surface area contributed by atoms with Crippen molar-refractivity contribution in [3.8, 4) is 0 Å². The van der Waals surface area contributed by atoms with Gasteiger partial charge in [-0.05, 0) is 19.8 Å². The van der Waals surface area contributed by atoms with Gasteiger partial charge in [0.2, 0.25) is 0 Å². The molecule has 1 amide bonds. The minimum atomic E-state index is -2.49. The van der Waals surface area contributed by atoms with Crippen LogP contribution in [0.4, 0.5) is 4.79 Å². The summed E-state index contributed by atoms with van der Waals surface area (Å²) < 4.78 is 15.8. The molecule has 102 valence electrons. The van der Waals surface area contributed by atoms with Crippen LogP contribution in [0, 0.1) is 0 Å². The molecule has 0 saturated carbocycles. The second kappa shape index (κ2) is 8.46. The van der Waals surface area contributed by atoms with Gasteiger partial charge < -0.3 is 23.3 Å². The summed E-state index contributed by atoms with van der Waals surface area (Å²) in [7, 11) is 2.24. The lowest BCUT2D eigenvalue weighted by Gasteiger charge is -2.24. The summed E-state index contributed by atoms with van der Waals surface area (Å²) in [6.45, 7) is 2.87. The van der Waals surface area contributed by atoms with Crippen LogP contribution in [0.15, 0.2) is 0 Å². The molecule has 0 aromatic rings. The van der Waals surface area contributed by atoms with E-state index in [-0.39, 0.29) is 0 Å². The minimum absolute atomic E-state index is 0.511. The van der Waals surface area contributed by atoms with Crippen molar-refractivity contribution in [2.75, 3.05) is 34.4 Å². The van der Waals surface area contributed by atoms with Crippen molar-refractivity contribution in [1.29, 1.82) is 0 Å². The second-order valence-electron chi connectivity index (χ2n) is 3.61. The lowest BCUT2D eigenvalue weighted by atomic mass is 10.3. The Morgan fingerprint density at radius 3 is 2.06 bits per heavy atom. The van der Waals surface area contributed by atoms with Crippen LogP contribution in [-0.4, -0.2) is 59.3 Å². The molecule has 0 aromatic carbocycles. The molecular formula is C10H23NO5Si. The minimum Gasteiger partial charge on any atom is -0.465 e. The highest BCUT2D eigenvalue weighted by atomic mass is 28.4. The largest absolute Gasteiger partial charge is 0.500 e. The third-order valence-electron chi connectivity index (χ3n) is 2.75. The van der Waals surface area contributed by atoms with Crippen molar-refractivity contribution in [1.82, 2.24) is 4.90 Å². The summed E-state index contributed by atoms with van der Waals surface area (Å²) in [4.78, 5) is 12.1. The molecule has 0 unspecified atom stereocenters. The van der Waals surface area contributed by atoms with Crippen molar-refractivity contribution < 1.29 is 23.2 Å². The molecule has 7 heteroatoms. The summed E-state index contributed by atoms with van der Waals surface area (Å²) in [6, 6.07) is 0.702. The van der Waals surface area contributed by atoms with E-state index in [1.54, 1.807) is 21.3 Å². The van der Waals surface area contributed by atoms with Crippen LogP contribution in [0.1, 0.15) is 19.8 Å². The Hall–Kier alpha value is -0.633. The van der Waals surface area contributed by atoms with E-state index in [0.717, 1.165) is 12.8 Å². The molecule has 0 aliphatic heterocycles. The maximum atomic E-state index is 10.8. The molecule has 0 bridgehead atoms. The third-order valence-corrected chi connectivity index (χ3v) is 5.58. The first-order valence-electron chi connectivity index (χ1n) is 5.68. The number of hydrogen-bond donors (Lipinski definition) is 1. The van der Waals surface area contributed by atoms with Crippen molar-refractivity contribution in [3.63, 3.8) is 0 Å². The van der Waals surface area contributed by atoms with Gasteiger partial charge in [-0.2, -0.15) is 0 Å². The molecule has 1 N–H and O–H groups in total.